The molecule has 2 rings (SSSR count). The Morgan fingerprint density at radius 1 is 1.35 bits per heavy atom. The quantitative estimate of drug-likeness (QED) is 0.773. The molecular formula is C12H13ClN6O3S. The van der Waals surface area contributed by atoms with Crippen LogP contribution in [0.25, 0.3) is 0 Å². The molecule has 0 aliphatic rings. The third-order valence-electron chi connectivity index (χ3n) is 2.90. The van der Waals surface area contributed by atoms with Crippen LogP contribution in [0.3, 0.4) is 0 Å². The number of nitrogens with two attached hydrogens (primary N) is 1. The second-order valence-corrected chi connectivity index (χ2v) is 6.86. The Morgan fingerprint density at radius 3 is 2.65 bits per heavy atom. The lowest BCUT2D eigenvalue weighted by Gasteiger charge is -2.18. The van der Waals surface area contributed by atoms with Gasteiger partial charge in [0.15, 0.2) is 16.8 Å². The highest BCUT2D eigenvalue weighted by Gasteiger charge is 2.22. The summed E-state index contributed by atoms with van der Waals surface area (Å²) in [4.78, 5) is 23.8. The van der Waals surface area contributed by atoms with Crippen LogP contribution in [-0.4, -0.2) is 42.6 Å². The van der Waals surface area contributed by atoms with Crippen LogP contribution in [0.4, 0.5) is 17.3 Å². The summed E-state index contributed by atoms with van der Waals surface area (Å²) in [6.45, 7) is 0. The van der Waals surface area contributed by atoms with Crippen LogP contribution in [-0.2, 0) is 10.0 Å². The van der Waals surface area contributed by atoms with Crippen molar-refractivity contribution in [1.82, 2.24) is 15.0 Å². The molecule has 23 heavy (non-hydrogen) atoms. The molecule has 0 saturated heterocycles. The molecular weight excluding hydrogens is 344 g/mol. The number of halogens is 1. The fourth-order valence-electron chi connectivity index (χ4n) is 1.66. The molecule has 11 heteroatoms. The second-order valence-electron chi connectivity index (χ2n) is 4.48. The number of nitrogens with one attached hydrogen (secondary N) is 1. The van der Waals surface area contributed by atoms with Crippen LogP contribution in [0.5, 0.6) is 0 Å². The van der Waals surface area contributed by atoms with Gasteiger partial charge in [-0.15, -0.1) is 0 Å². The lowest BCUT2D eigenvalue weighted by Crippen LogP contribution is -2.28. The second kappa shape index (κ2) is 6.34. The van der Waals surface area contributed by atoms with E-state index >= 15 is 0 Å². The van der Waals surface area contributed by atoms with Gasteiger partial charge in [0.25, 0.3) is 5.91 Å². The normalized spacial score (nSPS) is 11.1. The molecule has 0 aromatic carbocycles. The largest absolute Gasteiger partial charge is 0.382 e. The SMILES string of the molecule is CN(c1ncccc1C(=O)Nc1c(N)ncnc1Cl)S(C)(=O)=O. The average molecular weight is 357 g/mol. The van der Waals surface area contributed by atoms with Crippen molar-refractivity contribution in [3.05, 3.63) is 35.4 Å². The maximum absolute atomic E-state index is 12.4. The number of sulfonamides is 1. The van der Waals surface area contributed by atoms with Crippen molar-refractivity contribution in [1.29, 1.82) is 0 Å². The number of amides is 1. The minimum absolute atomic E-state index is 0.0137. The summed E-state index contributed by atoms with van der Waals surface area (Å²) in [6.07, 6.45) is 3.53. The molecule has 1 amide bonds. The average Bonchev–Trinajstić information content (AvgIpc) is 2.49. The van der Waals surface area contributed by atoms with Gasteiger partial charge in [0.2, 0.25) is 10.0 Å². The molecule has 122 valence electrons. The molecule has 0 aliphatic carbocycles. The molecule has 2 aromatic rings. The lowest BCUT2D eigenvalue weighted by atomic mass is 10.2. The molecule has 0 spiro atoms. The Kier molecular flexibility index (Phi) is 4.66. The zero-order valence-electron chi connectivity index (χ0n) is 12.2. The van der Waals surface area contributed by atoms with E-state index < -0.39 is 15.9 Å². The first-order valence-electron chi connectivity index (χ1n) is 6.18. The Labute approximate surface area is 137 Å². The van der Waals surface area contributed by atoms with E-state index in [1.54, 1.807) is 0 Å². The van der Waals surface area contributed by atoms with Gasteiger partial charge in [0.05, 0.1) is 11.8 Å². The van der Waals surface area contributed by atoms with Gasteiger partial charge in [-0.1, -0.05) is 11.6 Å². The Morgan fingerprint density at radius 2 is 2.04 bits per heavy atom. The van der Waals surface area contributed by atoms with E-state index in [0.717, 1.165) is 16.9 Å². The predicted octanol–water partition coefficient (Wildman–Crippen LogP) is 0.755. The van der Waals surface area contributed by atoms with Gasteiger partial charge in [-0.05, 0) is 12.1 Å². The van der Waals surface area contributed by atoms with Gasteiger partial charge in [-0.2, -0.15) is 0 Å². The number of carbonyl (C=O) groups is 1. The smallest absolute Gasteiger partial charge is 0.259 e. The van der Waals surface area contributed by atoms with E-state index in [1.165, 1.54) is 25.4 Å². The molecule has 2 heterocycles. The van der Waals surface area contributed by atoms with E-state index in [0.29, 0.717) is 0 Å². The first kappa shape index (κ1) is 16.9. The first-order chi connectivity index (χ1) is 10.7. The Bertz CT molecular complexity index is 837. The molecule has 0 aliphatic heterocycles. The van der Waals surface area contributed by atoms with Crippen molar-refractivity contribution < 1.29 is 13.2 Å². The number of hydrogen-bond acceptors (Lipinski definition) is 7. The van der Waals surface area contributed by atoms with E-state index in [-0.39, 0.29) is 28.0 Å². The highest BCUT2D eigenvalue weighted by atomic mass is 35.5. The summed E-state index contributed by atoms with van der Waals surface area (Å²) >= 11 is 5.87. The van der Waals surface area contributed by atoms with E-state index in [2.05, 4.69) is 20.3 Å². The highest BCUT2D eigenvalue weighted by molar-refractivity contribution is 7.92. The molecule has 2 aromatic heterocycles. The molecule has 3 N–H and O–H groups in total. The molecule has 0 saturated carbocycles. The number of carbonyl (C=O) groups excluding carboxylic acids is 1. The fraction of sp³-hybridized carbons (Fsp3) is 0.167. The number of aromatic nitrogens is 3. The fourth-order valence-corrected chi connectivity index (χ4v) is 2.30. The zero-order valence-corrected chi connectivity index (χ0v) is 13.8. The first-order valence-corrected chi connectivity index (χ1v) is 8.40. The standard InChI is InChI=1S/C12H13ClN6O3S/c1-19(23(2,21)22)11-7(4-3-5-15-11)12(20)18-8-9(13)16-6-17-10(8)14/h3-6H,1-2H3,(H,18,20)(H2,14,16,17). The molecule has 0 atom stereocenters. The number of nitrogens with zero attached hydrogens (tertiary/aromatic N) is 4. The van der Waals surface area contributed by atoms with Gasteiger partial charge in [0.1, 0.15) is 12.0 Å². The summed E-state index contributed by atoms with van der Waals surface area (Å²) in [5.74, 6) is -0.689. The van der Waals surface area contributed by atoms with Crippen LogP contribution < -0.4 is 15.4 Å². The van der Waals surface area contributed by atoms with Crippen molar-refractivity contribution in [2.24, 2.45) is 0 Å². The number of pyridine rings is 1. The van der Waals surface area contributed by atoms with Crippen LogP contribution >= 0.6 is 11.6 Å². The third kappa shape index (κ3) is 3.66. The summed E-state index contributed by atoms with van der Waals surface area (Å²) in [5.41, 5.74) is 5.71. The third-order valence-corrected chi connectivity index (χ3v) is 4.35. The van der Waals surface area contributed by atoms with E-state index in [1.807, 2.05) is 0 Å². The zero-order chi connectivity index (χ0) is 17.2. The van der Waals surface area contributed by atoms with Crippen LogP contribution in [0, 0.1) is 0 Å². The van der Waals surface area contributed by atoms with E-state index in [9.17, 15) is 13.2 Å². The molecule has 0 bridgehead atoms. The number of hydrogen-bond donors (Lipinski definition) is 2. The summed E-state index contributed by atoms with van der Waals surface area (Å²) in [7, 11) is -2.29. The van der Waals surface area contributed by atoms with Gasteiger partial charge >= 0.3 is 0 Å². The van der Waals surface area contributed by atoms with Gasteiger partial charge in [0, 0.05) is 13.2 Å². The molecule has 0 radical (unpaired) electrons. The number of nitrogen functional groups attached to an aromatic ring is 1. The number of rotatable bonds is 4. The van der Waals surface area contributed by atoms with Crippen LogP contribution in [0.1, 0.15) is 10.4 Å². The van der Waals surface area contributed by atoms with Crippen molar-refractivity contribution in [2.45, 2.75) is 0 Å². The van der Waals surface area contributed by atoms with Crippen molar-refractivity contribution >= 4 is 44.9 Å². The van der Waals surface area contributed by atoms with Gasteiger partial charge in [-0.3, -0.25) is 9.10 Å². The topological polar surface area (TPSA) is 131 Å². The maximum Gasteiger partial charge on any atom is 0.259 e. The minimum Gasteiger partial charge on any atom is -0.382 e. The summed E-state index contributed by atoms with van der Waals surface area (Å²) in [6, 6.07) is 2.92. The Hall–Kier alpha value is -2.46. The monoisotopic (exact) mass is 356 g/mol. The van der Waals surface area contributed by atoms with Crippen molar-refractivity contribution in [3.63, 3.8) is 0 Å². The van der Waals surface area contributed by atoms with Crippen molar-refractivity contribution in [2.75, 3.05) is 28.7 Å². The van der Waals surface area contributed by atoms with Crippen LogP contribution in [0.15, 0.2) is 24.7 Å². The summed E-state index contributed by atoms with van der Waals surface area (Å²) in [5, 5.41) is 2.42. The number of anilines is 3. The highest BCUT2D eigenvalue weighted by Crippen LogP contribution is 2.26. The molecule has 0 fully saturated rings. The van der Waals surface area contributed by atoms with E-state index in [4.69, 9.17) is 17.3 Å². The summed E-state index contributed by atoms with van der Waals surface area (Å²) < 4.78 is 24.2. The predicted molar refractivity (Wildman–Crippen MR) is 86.9 cm³/mol. The Balaban J connectivity index is 2.42. The van der Waals surface area contributed by atoms with Crippen molar-refractivity contribution in [3.8, 4) is 0 Å². The van der Waals surface area contributed by atoms with Gasteiger partial charge in [-0.25, -0.2) is 23.4 Å². The lowest BCUT2D eigenvalue weighted by molar-refractivity contribution is 0.102. The molecule has 9 nitrogen and oxygen atoms in total. The van der Waals surface area contributed by atoms with Crippen LogP contribution in [0.2, 0.25) is 5.15 Å². The van der Waals surface area contributed by atoms with Gasteiger partial charge < -0.3 is 11.1 Å². The molecule has 0 unspecified atom stereocenters. The maximum atomic E-state index is 12.4. The minimum atomic E-state index is -3.59.